The Bertz CT molecular complexity index is 511. The van der Waals surface area contributed by atoms with Gasteiger partial charge in [-0.15, -0.1) is 0 Å². The van der Waals surface area contributed by atoms with Gasteiger partial charge in [-0.05, 0) is 32.6 Å². The Morgan fingerprint density at radius 2 is 1.62 bits per heavy atom. The molecule has 1 aliphatic heterocycles. The second kappa shape index (κ2) is 3.97. The lowest BCUT2D eigenvalue weighted by molar-refractivity contribution is -0.371. The average Bonchev–Trinajstić information content (AvgIpc) is 3.32. The summed E-state index contributed by atoms with van der Waals surface area (Å²) < 4.78 is 11.9. The summed E-state index contributed by atoms with van der Waals surface area (Å²) in [5.74, 6) is -2.84. The Labute approximate surface area is 123 Å². The SMILES string of the molecule is CNC(=O)C1(C)OC2(CC2)C(O)(C(=O)N(C)C)OC12CC2. The highest BCUT2D eigenvalue weighted by Crippen LogP contribution is 2.64. The van der Waals surface area contributed by atoms with Gasteiger partial charge in [0.05, 0.1) is 0 Å². The molecule has 3 fully saturated rings. The van der Waals surface area contributed by atoms with Gasteiger partial charge in [0.2, 0.25) is 0 Å². The number of nitrogens with zero attached hydrogens (tertiary/aromatic N) is 1. The fraction of sp³-hybridized carbons (Fsp3) is 0.857. The van der Waals surface area contributed by atoms with E-state index in [-0.39, 0.29) is 5.91 Å². The van der Waals surface area contributed by atoms with Crippen molar-refractivity contribution in [2.75, 3.05) is 21.1 Å². The number of hydrogen-bond donors (Lipinski definition) is 2. The largest absolute Gasteiger partial charge is 0.357 e. The van der Waals surface area contributed by atoms with Gasteiger partial charge in [0, 0.05) is 21.1 Å². The molecule has 3 rings (SSSR count). The molecule has 0 aromatic heterocycles. The smallest absolute Gasteiger partial charge is 0.285 e. The molecule has 2 spiro atoms. The number of carbonyl (C=O) groups is 2. The molecule has 7 nitrogen and oxygen atoms in total. The van der Waals surface area contributed by atoms with Gasteiger partial charge >= 0.3 is 0 Å². The summed E-state index contributed by atoms with van der Waals surface area (Å²) in [7, 11) is 4.66. The van der Waals surface area contributed by atoms with E-state index in [0.29, 0.717) is 25.7 Å². The summed E-state index contributed by atoms with van der Waals surface area (Å²) in [4.78, 5) is 26.0. The second-order valence-corrected chi connectivity index (χ2v) is 6.65. The van der Waals surface area contributed by atoms with Gasteiger partial charge < -0.3 is 24.8 Å². The topological polar surface area (TPSA) is 88.1 Å². The standard InChI is InChI=1S/C14H22N2O5/c1-11(9(17)15-2)12(5-6-12)21-14(19,10(18)16(3)4)13(20-11)7-8-13/h19H,5-8H2,1-4H3,(H,15,17). The molecule has 2 atom stereocenters. The molecular weight excluding hydrogens is 276 g/mol. The molecule has 0 radical (unpaired) electrons. The molecule has 0 aromatic rings. The van der Waals surface area contributed by atoms with E-state index in [1.54, 1.807) is 28.1 Å². The van der Waals surface area contributed by atoms with Crippen molar-refractivity contribution < 1.29 is 24.2 Å². The van der Waals surface area contributed by atoms with Crippen molar-refractivity contribution in [3.8, 4) is 0 Å². The Morgan fingerprint density at radius 3 is 2.00 bits per heavy atom. The maximum atomic E-state index is 12.4. The molecule has 3 aliphatic rings. The highest BCUT2D eigenvalue weighted by atomic mass is 16.7. The number of nitrogens with one attached hydrogen (secondary N) is 1. The molecular formula is C14H22N2O5. The quantitative estimate of drug-likeness (QED) is 0.709. The predicted octanol–water partition coefficient (Wildman–Crippen LogP) is -0.620. The predicted molar refractivity (Wildman–Crippen MR) is 72.2 cm³/mol. The van der Waals surface area contributed by atoms with Gasteiger partial charge in [-0.3, -0.25) is 9.59 Å². The van der Waals surface area contributed by atoms with Gasteiger partial charge in [-0.1, -0.05) is 0 Å². The van der Waals surface area contributed by atoms with Crippen molar-refractivity contribution in [3.63, 3.8) is 0 Å². The van der Waals surface area contributed by atoms with Crippen LogP contribution in [0.3, 0.4) is 0 Å². The van der Waals surface area contributed by atoms with E-state index in [9.17, 15) is 14.7 Å². The van der Waals surface area contributed by atoms with Crippen LogP contribution in [0.5, 0.6) is 0 Å². The minimum atomic E-state index is -2.01. The first-order chi connectivity index (χ1) is 9.66. The molecule has 2 amide bonds. The van der Waals surface area contributed by atoms with E-state index in [1.165, 1.54) is 4.90 Å². The summed E-state index contributed by atoms with van der Waals surface area (Å²) in [6.07, 6.45) is 2.14. The van der Waals surface area contributed by atoms with Gasteiger partial charge in [0.15, 0.2) is 5.60 Å². The van der Waals surface area contributed by atoms with Crippen LogP contribution in [0.15, 0.2) is 0 Å². The molecule has 2 saturated carbocycles. The number of aliphatic hydroxyl groups is 1. The third kappa shape index (κ3) is 1.65. The van der Waals surface area contributed by atoms with Crippen LogP contribution in [0.1, 0.15) is 32.6 Å². The zero-order valence-corrected chi connectivity index (χ0v) is 12.9. The third-order valence-electron chi connectivity index (χ3n) is 4.99. The van der Waals surface area contributed by atoms with E-state index < -0.39 is 28.5 Å². The van der Waals surface area contributed by atoms with Gasteiger partial charge in [-0.2, -0.15) is 0 Å². The highest BCUT2D eigenvalue weighted by Gasteiger charge is 2.80. The first-order valence-electron chi connectivity index (χ1n) is 7.23. The Balaban J connectivity index is 2.01. The number of hydrogen-bond acceptors (Lipinski definition) is 5. The third-order valence-corrected chi connectivity index (χ3v) is 4.99. The maximum Gasteiger partial charge on any atom is 0.285 e. The van der Waals surface area contributed by atoms with Crippen molar-refractivity contribution in [1.29, 1.82) is 0 Å². The van der Waals surface area contributed by atoms with Crippen LogP contribution >= 0.6 is 0 Å². The molecule has 118 valence electrons. The number of carbonyl (C=O) groups excluding carboxylic acids is 2. The monoisotopic (exact) mass is 298 g/mol. The fourth-order valence-electron chi connectivity index (χ4n) is 3.31. The van der Waals surface area contributed by atoms with Crippen LogP contribution in [0.25, 0.3) is 0 Å². The molecule has 2 N–H and O–H groups in total. The van der Waals surface area contributed by atoms with Crippen LogP contribution < -0.4 is 5.32 Å². The Morgan fingerprint density at radius 1 is 1.10 bits per heavy atom. The Kier molecular flexibility index (Phi) is 2.78. The van der Waals surface area contributed by atoms with E-state index >= 15 is 0 Å². The van der Waals surface area contributed by atoms with Crippen LogP contribution in [-0.2, 0) is 19.1 Å². The van der Waals surface area contributed by atoms with Crippen LogP contribution in [0.4, 0.5) is 0 Å². The lowest BCUT2D eigenvalue weighted by Gasteiger charge is -2.51. The lowest BCUT2D eigenvalue weighted by Crippen LogP contribution is -2.73. The van der Waals surface area contributed by atoms with Crippen molar-refractivity contribution in [2.24, 2.45) is 0 Å². The number of ether oxygens (including phenoxy) is 2. The van der Waals surface area contributed by atoms with E-state index in [2.05, 4.69) is 5.32 Å². The Hall–Kier alpha value is -1.18. The fourth-order valence-corrected chi connectivity index (χ4v) is 3.31. The van der Waals surface area contributed by atoms with Crippen LogP contribution in [0.2, 0.25) is 0 Å². The van der Waals surface area contributed by atoms with Crippen molar-refractivity contribution >= 4 is 11.8 Å². The molecule has 2 unspecified atom stereocenters. The molecule has 7 heteroatoms. The lowest BCUT2D eigenvalue weighted by atomic mass is 9.89. The number of likely N-dealkylation sites (N-methyl/N-ethyl adjacent to an activating group) is 2. The second-order valence-electron chi connectivity index (χ2n) is 6.65. The van der Waals surface area contributed by atoms with Gasteiger partial charge in [0.25, 0.3) is 17.6 Å². The average molecular weight is 298 g/mol. The van der Waals surface area contributed by atoms with Crippen LogP contribution in [0, 0.1) is 0 Å². The molecule has 1 heterocycles. The van der Waals surface area contributed by atoms with Gasteiger partial charge in [-0.25, -0.2) is 0 Å². The molecule has 1 saturated heterocycles. The summed E-state index contributed by atoms with van der Waals surface area (Å²) in [5, 5.41) is 13.5. The molecule has 0 bridgehead atoms. The van der Waals surface area contributed by atoms with E-state index in [0.717, 1.165) is 0 Å². The molecule has 2 aliphatic carbocycles. The summed E-state index contributed by atoms with van der Waals surface area (Å²) >= 11 is 0. The van der Waals surface area contributed by atoms with Crippen molar-refractivity contribution in [1.82, 2.24) is 10.2 Å². The zero-order valence-electron chi connectivity index (χ0n) is 12.9. The summed E-state index contributed by atoms with van der Waals surface area (Å²) in [6.45, 7) is 1.68. The molecule has 0 aromatic carbocycles. The normalized spacial score (nSPS) is 38.1. The number of amides is 2. The van der Waals surface area contributed by atoms with Crippen LogP contribution in [-0.4, -0.2) is 65.6 Å². The minimum absolute atomic E-state index is 0.286. The van der Waals surface area contributed by atoms with Crippen molar-refractivity contribution in [3.05, 3.63) is 0 Å². The van der Waals surface area contributed by atoms with E-state index in [4.69, 9.17) is 9.47 Å². The van der Waals surface area contributed by atoms with Crippen molar-refractivity contribution in [2.45, 2.75) is 55.2 Å². The maximum absolute atomic E-state index is 12.4. The zero-order chi connectivity index (χ0) is 15.7. The number of rotatable bonds is 2. The first kappa shape index (κ1) is 14.7. The van der Waals surface area contributed by atoms with E-state index in [1.807, 2.05) is 0 Å². The summed E-state index contributed by atoms with van der Waals surface area (Å²) in [6, 6.07) is 0. The summed E-state index contributed by atoms with van der Waals surface area (Å²) in [5.41, 5.74) is -3.23. The highest BCUT2D eigenvalue weighted by molar-refractivity contribution is 5.89. The van der Waals surface area contributed by atoms with Gasteiger partial charge in [0.1, 0.15) is 11.2 Å². The molecule has 21 heavy (non-hydrogen) atoms. The first-order valence-corrected chi connectivity index (χ1v) is 7.23. The minimum Gasteiger partial charge on any atom is -0.357 e.